The SMILES string of the molecule is CNCCCC(=O)N(C)CCC(=O)NC. The maximum absolute atomic E-state index is 11.5. The highest BCUT2D eigenvalue weighted by atomic mass is 16.2. The molecule has 0 radical (unpaired) electrons. The fraction of sp³-hybridized carbons (Fsp3) is 0.800. The zero-order valence-corrected chi connectivity index (χ0v) is 9.80. The Labute approximate surface area is 91.2 Å². The topological polar surface area (TPSA) is 61.4 Å². The summed E-state index contributed by atoms with van der Waals surface area (Å²) in [7, 11) is 5.18. The third-order valence-electron chi connectivity index (χ3n) is 2.20. The molecule has 88 valence electrons. The smallest absolute Gasteiger partial charge is 0.222 e. The second-order valence-corrected chi connectivity index (χ2v) is 3.45. The molecule has 0 rings (SSSR count). The van der Waals surface area contributed by atoms with Gasteiger partial charge in [-0.1, -0.05) is 0 Å². The van der Waals surface area contributed by atoms with E-state index in [-0.39, 0.29) is 11.8 Å². The van der Waals surface area contributed by atoms with Gasteiger partial charge in [0.15, 0.2) is 0 Å². The molecule has 5 heteroatoms. The number of nitrogens with zero attached hydrogens (tertiary/aromatic N) is 1. The van der Waals surface area contributed by atoms with E-state index >= 15 is 0 Å². The molecule has 0 heterocycles. The van der Waals surface area contributed by atoms with Gasteiger partial charge in [0.2, 0.25) is 11.8 Å². The van der Waals surface area contributed by atoms with Crippen molar-refractivity contribution < 1.29 is 9.59 Å². The summed E-state index contributed by atoms with van der Waals surface area (Å²) in [6, 6.07) is 0. The molecule has 0 bridgehead atoms. The van der Waals surface area contributed by atoms with Crippen molar-refractivity contribution in [3.63, 3.8) is 0 Å². The van der Waals surface area contributed by atoms with Gasteiger partial charge in [-0.05, 0) is 20.0 Å². The van der Waals surface area contributed by atoms with Gasteiger partial charge in [0.05, 0.1) is 0 Å². The van der Waals surface area contributed by atoms with Crippen molar-refractivity contribution >= 4 is 11.8 Å². The predicted molar refractivity (Wildman–Crippen MR) is 59.5 cm³/mol. The van der Waals surface area contributed by atoms with Crippen LogP contribution in [0.4, 0.5) is 0 Å². The Kier molecular flexibility index (Phi) is 7.62. The fourth-order valence-corrected chi connectivity index (χ4v) is 1.13. The van der Waals surface area contributed by atoms with Crippen molar-refractivity contribution in [3.8, 4) is 0 Å². The van der Waals surface area contributed by atoms with Gasteiger partial charge in [0.25, 0.3) is 0 Å². The molecule has 15 heavy (non-hydrogen) atoms. The standard InChI is InChI=1S/C10H21N3O2/c1-11-7-4-5-10(15)13(3)8-6-9(14)12-2/h11H,4-8H2,1-3H3,(H,12,14). The molecule has 0 unspecified atom stereocenters. The molecule has 2 amide bonds. The fourth-order valence-electron chi connectivity index (χ4n) is 1.13. The highest BCUT2D eigenvalue weighted by Crippen LogP contribution is 1.96. The molecule has 2 N–H and O–H groups in total. The average Bonchev–Trinajstić information content (AvgIpc) is 2.25. The maximum Gasteiger partial charge on any atom is 0.222 e. The zero-order valence-electron chi connectivity index (χ0n) is 9.80. The van der Waals surface area contributed by atoms with Gasteiger partial charge in [0.1, 0.15) is 0 Å². The Bertz CT molecular complexity index is 207. The van der Waals surface area contributed by atoms with Gasteiger partial charge < -0.3 is 15.5 Å². The Balaban J connectivity index is 3.64. The number of amides is 2. The van der Waals surface area contributed by atoms with Crippen LogP contribution in [0.2, 0.25) is 0 Å². The van der Waals surface area contributed by atoms with Crippen molar-refractivity contribution in [2.45, 2.75) is 19.3 Å². The summed E-state index contributed by atoms with van der Waals surface area (Å²) < 4.78 is 0. The van der Waals surface area contributed by atoms with Gasteiger partial charge >= 0.3 is 0 Å². The first kappa shape index (κ1) is 13.9. The van der Waals surface area contributed by atoms with Crippen LogP contribution in [-0.2, 0) is 9.59 Å². The molecule has 0 aliphatic carbocycles. The number of carbonyl (C=O) groups excluding carboxylic acids is 2. The monoisotopic (exact) mass is 215 g/mol. The molecule has 0 aromatic rings. The normalized spacial score (nSPS) is 9.80. The van der Waals surface area contributed by atoms with Crippen LogP contribution in [0.25, 0.3) is 0 Å². The van der Waals surface area contributed by atoms with Crippen LogP contribution < -0.4 is 10.6 Å². The summed E-state index contributed by atoms with van der Waals surface area (Å²) in [6.45, 7) is 1.33. The summed E-state index contributed by atoms with van der Waals surface area (Å²) >= 11 is 0. The molecule has 0 atom stereocenters. The lowest BCUT2D eigenvalue weighted by Gasteiger charge is -2.16. The van der Waals surface area contributed by atoms with Crippen molar-refractivity contribution in [1.82, 2.24) is 15.5 Å². The van der Waals surface area contributed by atoms with E-state index in [1.807, 2.05) is 7.05 Å². The molecule has 0 fully saturated rings. The molecular weight excluding hydrogens is 194 g/mol. The molecule has 5 nitrogen and oxygen atoms in total. The second-order valence-electron chi connectivity index (χ2n) is 3.45. The van der Waals surface area contributed by atoms with E-state index in [9.17, 15) is 9.59 Å². The number of carbonyl (C=O) groups is 2. The summed E-state index contributed by atoms with van der Waals surface area (Å²) in [4.78, 5) is 24.0. The number of hydrogen-bond acceptors (Lipinski definition) is 3. The van der Waals surface area contributed by atoms with Crippen molar-refractivity contribution in [2.24, 2.45) is 0 Å². The van der Waals surface area contributed by atoms with Crippen LogP contribution in [-0.4, -0.2) is 50.9 Å². The van der Waals surface area contributed by atoms with Crippen molar-refractivity contribution in [1.29, 1.82) is 0 Å². The van der Waals surface area contributed by atoms with Crippen LogP contribution in [0.15, 0.2) is 0 Å². The lowest BCUT2D eigenvalue weighted by atomic mass is 10.2. The molecular formula is C10H21N3O2. The Morgan fingerprint density at radius 2 is 1.87 bits per heavy atom. The quantitative estimate of drug-likeness (QED) is 0.567. The van der Waals surface area contributed by atoms with E-state index in [2.05, 4.69) is 10.6 Å². The van der Waals surface area contributed by atoms with Crippen LogP contribution in [0.1, 0.15) is 19.3 Å². The van der Waals surface area contributed by atoms with Gasteiger partial charge in [-0.25, -0.2) is 0 Å². The predicted octanol–water partition coefficient (Wildman–Crippen LogP) is -0.419. The zero-order chi connectivity index (χ0) is 11.7. The van der Waals surface area contributed by atoms with Crippen LogP contribution >= 0.6 is 0 Å². The molecule has 0 spiro atoms. The third-order valence-corrected chi connectivity index (χ3v) is 2.20. The minimum absolute atomic E-state index is 0.0372. The van der Waals surface area contributed by atoms with E-state index < -0.39 is 0 Å². The van der Waals surface area contributed by atoms with E-state index in [4.69, 9.17) is 0 Å². The van der Waals surface area contributed by atoms with E-state index in [1.54, 1.807) is 19.0 Å². The number of rotatable bonds is 7. The minimum Gasteiger partial charge on any atom is -0.359 e. The van der Waals surface area contributed by atoms with Gasteiger partial charge in [0, 0.05) is 33.5 Å². The van der Waals surface area contributed by atoms with E-state index in [1.165, 1.54) is 0 Å². The summed E-state index contributed by atoms with van der Waals surface area (Å²) in [5, 5.41) is 5.51. The summed E-state index contributed by atoms with van der Waals surface area (Å²) in [5.41, 5.74) is 0. The highest BCUT2D eigenvalue weighted by molar-refractivity contribution is 5.78. The molecule has 0 saturated carbocycles. The summed E-state index contributed by atoms with van der Waals surface area (Å²) in [5.74, 6) is 0.0547. The minimum atomic E-state index is -0.0372. The lowest BCUT2D eigenvalue weighted by Crippen LogP contribution is -2.31. The average molecular weight is 215 g/mol. The first-order valence-corrected chi connectivity index (χ1v) is 5.21. The molecule has 0 aromatic heterocycles. The van der Waals surface area contributed by atoms with Gasteiger partial charge in [-0.2, -0.15) is 0 Å². The third kappa shape index (κ3) is 6.90. The Morgan fingerprint density at radius 1 is 1.20 bits per heavy atom. The van der Waals surface area contributed by atoms with Crippen LogP contribution in [0, 0.1) is 0 Å². The first-order valence-electron chi connectivity index (χ1n) is 5.21. The number of nitrogens with one attached hydrogen (secondary N) is 2. The molecule has 0 saturated heterocycles. The lowest BCUT2D eigenvalue weighted by molar-refractivity contribution is -0.130. The number of hydrogen-bond donors (Lipinski definition) is 2. The van der Waals surface area contributed by atoms with Crippen molar-refractivity contribution in [3.05, 3.63) is 0 Å². The van der Waals surface area contributed by atoms with Crippen LogP contribution in [0.5, 0.6) is 0 Å². The van der Waals surface area contributed by atoms with Gasteiger partial charge in [-0.3, -0.25) is 9.59 Å². The largest absolute Gasteiger partial charge is 0.359 e. The second kappa shape index (κ2) is 8.23. The van der Waals surface area contributed by atoms with Gasteiger partial charge in [-0.15, -0.1) is 0 Å². The Hall–Kier alpha value is -1.10. The van der Waals surface area contributed by atoms with E-state index in [0.717, 1.165) is 13.0 Å². The summed E-state index contributed by atoms with van der Waals surface area (Å²) in [6.07, 6.45) is 1.73. The first-order chi connectivity index (χ1) is 7.11. The van der Waals surface area contributed by atoms with Crippen LogP contribution in [0.3, 0.4) is 0 Å². The van der Waals surface area contributed by atoms with Crippen molar-refractivity contribution in [2.75, 3.05) is 34.2 Å². The van der Waals surface area contributed by atoms with E-state index in [0.29, 0.717) is 19.4 Å². The highest BCUT2D eigenvalue weighted by Gasteiger charge is 2.09. The molecule has 0 aliphatic rings. The maximum atomic E-state index is 11.5. The Morgan fingerprint density at radius 3 is 2.40 bits per heavy atom. The molecule has 0 aromatic carbocycles. The molecule has 0 aliphatic heterocycles.